The molecule has 0 radical (unpaired) electrons. The lowest BCUT2D eigenvalue weighted by Crippen LogP contribution is -3.00. The number of nitrogens with zero attached hydrogens (tertiary/aromatic N) is 1. The third-order valence-electron chi connectivity index (χ3n) is 2.64. The minimum Gasteiger partial charge on any atom is -1.00 e. The fraction of sp³-hybridized carbons (Fsp3) is 0.545. The van der Waals surface area contributed by atoms with Crippen molar-refractivity contribution in [3.05, 3.63) is 28.5 Å². The number of hydrogen-bond acceptors (Lipinski definition) is 1. The van der Waals surface area contributed by atoms with E-state index in [-0.39, 0.29) is 17.0 Å². The van der Waals surface area contributed by atoms with E-state index in [9.17, 15) is 0 Å². The lowest BCUT2D eigenvalue weighted by Gasteiger charge is -2.04. The van der Waals surface area contributed by atoms with E-state index in [1.165, 1.54) is 35.7 Å². The maximum absolute atomic E-state index is 5.82. The molecule has 2 heterocycles. The van der Waals surface area contributed by atoms with Gasteiger partial charge in [0.1, 0.15) is 22.4 Å². The van der Waals surface area contributed by atoms with E-state index in [1.807, 2.05) is 6.07 Å². The maximum atomic E-state index is 5.82. The highest BCUT2D eigenvalue weighted by Gasteiger charge is 2.24. The quantitative estimate of drug-likeness (QED) is 0.552. The predicted molar refractivity (Wildman–Crippen MR) is 64.0 cm³/mol. The van der Waals surface area contributed by atoms with Gasteiger partial charge in [-0.1, -0.05) is 11.6 Å². The Morgan fingerprint density at radius 2 is 2.00 bits per heavy atom. The van der Waals surface area contributed by atoms with Crippen LogP contribution in [-0.4, -0.2) is 16.5 Å². The Hall–Kier alpha value is 0.270. The second kappa shape index (κ2) is 6.12. The fourth-order valence-electron chi connectivity index (χ4n) is 1.79. The van der Waals surface area contributed by atoms with Crippen LogP contribution in [0, 0.1) is 6.92 Å². The third kappa shape index (κ3) is 3.65. The highest BCUT2D eigenvalue weighted by Crippen LogP contribution is 2.20. The number of pyridine rings is 1. The van der Waals surface area contributed by atoms with E-state index in [0.29, 0.717) is 16.0 Å². The Balaban J connectivity index is 0.00000112. The molecule has 4 heteroatoms. The molecule has 1 fully saturated rings. The van der Waals surface area contributed by atoms with Gasteiger partial charge in [0.05, 0.1) is 0 Å². The molecule has 1 nitrogen and oxygen atoms in total. The molecule has 15 heavy (non-hydrogen) atoms. The fourth-order valence-corrected chi connectivity index (χ4v) is 4.44. The van der Waals surface area contributed by atoms with Gasteiger partial charge in [-0.25, -0.2) is 4.98 Å². The van der Waals surface area contributed by atoms with Gasteiger partial charge in [0, 0.05) is 11.3 Å². The topological polar surface area (TPSA) is 12.9 Å². The molecule has 1 aliphatic heterocycles. The zero-order chi connectivity index (χ0) is 9.97. The summed E-state index contributed by atoms with van der Waals surface area (Å²) in [5.41, 5.74) is 2.50. The molecule has 0 atom stereocenters. The van der Waals surface area contributed by atoms with E-state index in [4.69, 9.17) is 11.6 Å². The van der Waals surface area contributed by atoms with Crippen molar-refractivity contribution in [1.82, 2.24) is 4.98 Å². The standard InChI is InChI=1S/C11H15ClNS.BrH/c1-9-10(4-5-11(12)13-9)8-14-6-2-3-7-14;/h4-5H,2-3,6-8H2,1H3;1H/q+1;/p-1. The van der Waals surface area contributed by atoms with Crippen molar-refractivity contribution in [1.29, 1.82) is 0 Å². The van der Waals surface area contributed by atoms with Crippen molar-refractivity contribution in [2.45, 2.75) is 25.5 Å². The molecule has 84 valence electrons. The SMILES string of the molecule is Cc1nc(Cl)ccc1C[S+]1CCCC1.[Br-]. The molecule has 0 aromatic carbocycles. The first kappa shape index (κ1) is 13.3. The van der Waals surface area contributed by atoms with Crippen LogP contribution in [0.25, 0.3) is 0 Å². The normalized spacial score (nSPS) is 16.4. The van der Waals surface area contributed by atoms with Crippen LogP contribution in [0.1, 0.15) is 24.1 Å². The largest absolute Gasteiger partial charge is 1.00 e. The van der Waals surface area contributed by atoms with Crippen molar-refractivity contribution in [3.63, 3.8) is 0 Å². The first-order chi connectivity index (χ1) is 6.75. The van der Waals surface area contributed by atoms with Gasteiger partial charge in [0.15, 0.2) is 0 Å². The summed E-state index contributed by atoms with van der Waals surface area (Å²) in [5.74, 6) is 4.06. The molecule has 0 N–H and O–H groups in total. The molecular weight excluding hydrogens is 294 g/mol. The van der Waals surface area contributed by atoms with Crippen molar-refractivity contribution < 1.29 is 17.0 Å². The van der Waals surface area contributed by atoms with Gasteiger partial charge >= 0.3 is 0 Å². The van der Waals surface area contributed by atoms with Crippen molar-refractivity contribution in [2.75, 3.05) is 11.5 Å². The average Bonchev–Trinajstić information content (AvgIpc) is 2.62. The molecule has 2 rings (SSSR count). The zero-order valence-electron chi connectivity index (χ0n) is 8.80. The van der Waals surface area contributed by atoms with Gasteiger partial charge < -0.3 is 17.0 Å². The van der Waals surface area contributed by atoms with E-state index in [1.54, 1.807) is 0 Å². The van der Waals surface area contributed by atoms with Gasteiger partial charge in [-0.05, 0) is 42.8 Å². The predicted octanol–water partition coefficient (Wildman–Crippen LogP) is -0.0405. The van der Waals surface area contributed by atoms with Crippen LogP contribution < -0.4 is 17.0 Å². The Labute approximate surface area is 110 Å². The molecular formula is C11H15BrClNS. The van der Waals surface area contributed by atoms with Gasteiger partial charge in [0.2, 0.25) is 0 Å². The van der Waals surface area contributed by atoms with Crippen LogP contribution in [-0.2, 0) is 16.6 Å². The lowest BCUT2D eigenvalue weighted by molar-refractivity contribution is -0.00000298. The highest BCUT2D eigenvalue weighted by atomic mass is 79.9. The van der Waals surface area contributed by atoms with Gasteiger partial charge in [-0.15, -0.1) is 0 Å². The van der Waals surface area contributed by atoms with Crippen LogP contribution >= 0.6 is 11.6 Å². The monoisotopic (exact) mass is 307 g/mol. The first-order valence-electron chi connectivity index (χ1n) is 5.02. The minimum atomic E-state index is 0. The lowest BCUT2D eigenvalue weighted by atomic mass is 10.2. The number of hydrogen-bond donors (Lipinski definition) is 0. The molecule has 1 saturated heterocycles. The van der Waals surface area contributed by atoms with Crippen molar-refractivity contribution >= 4 is 22.5 Å². The summed E-state index contributed by atoms with van der Waals surface area (Å²) in [5, 5.41) is 0.612. The van der Waals surface area contributed by atoms with E-state index in [2.05, 4.69) is 18.0 Å². The Kier molecular flexibility index (Phi) is 5.44. The molecule has 1 aromatic heterocycles. The van der Waals surface area contributed by atoms with Crippen LogP contribution in [0.3, 0.4) is 0 Å². The number of rotatable bonds is 2. The number of aryl methyl sites for hydroxylation is 1. The summed E-state index contributed by atoms with van der Waals surface area (Å²) in [6.07, 6.45) is 2.84. The summed E-state index contributed by atoms with van der Waals surface area (Å²) in [6, 6.07) is 4.04. The second-order valence-electron chi connectivity index (χ2n) is 3.75. The van der Waals surface area contributed by atoms with Crippen LogP contribution in [0.5, 0.6) is 0 Å². The van der Waals surface area contributed by atoms with Crippen molar-refractivity contribution in [3.8, 4) is 0 Å². The average molecular weight is 309 g/mol. The van der Waals surface area contributed by atoms with Crippen molar-refractivity contribution in [2.24, 2.45) is 0 Å². The summed E-state index contributed by atoms with van der Waals surface area (Å²) >= 11 is 5.82. The maximum Gasteiger partial charge on any atom is 0.135 e. The molecule has 0 bridgehead atoms. The van der Waals surface area contributed by atoms with Crippen LogP contribution in [0.4, 0.5) is 0 Å². The third-order valence-corrected chi connectivity index (χ3v) is 5.30. The van der Waals surface area contributed by atoms with Crippen LogP contribution in [0.15, 0.2) is 12.1 Å². The molecule has 0 aliphatic carbocycles. The molecule has 0 unspecified atom stereocenters. The second-order valence-corrected chi connectivity index (χ2v) is 6.47. The molecule has 1 aliphatic rings. The van der Waals surface area contributed by atoms with E-state index < -0.39 is 0 Å². The van der Waals surface area contributed by atoms with Gasteiger partial charge in [-0.2, -0.15) is 0 Å². The summed E-state index contributed by atoms with van der Waals surface area (Å²) < 4.78 is 0. The first-order valence-corrected chi connectivity index (χ1v) is 7.13. The summed E-state index contributed by atoms with van der Waals surface area (Å²) in [4.78, 5) is 4.29. The molecule has 0 saturated carbocycles. The molecule has 0 amide bonds. The number of aromatic nitrogens is 1. The minimum absolute atomic E-state index is 0. The smallest absolute Gasteiger partial charge is 0.135 e. The van der Waals surface area contributed by atoms with E-state index >= 15 is 0 Å². The molecule has 1 aromatic rings. The Morgan fingerprint density at radius 3 is 2.60 bits per heavy atom. The van der Waals surface area contributed by atoms with Crippen LogP contribution in [0.2, 0.25) is 5.15 Å². The van der Waals surface area contributed by atoms with Gasteiger partial charge in [-0.3, -0.25) is 0 Å². The summed E-state index contributed by atoms with van der Waals surface area (Å²) in [7, 11) is 0.622. The Bertz CT molecular complexity index is 326. The van der Waals surface area contributed by atoms with E-state index in [0.717, 1.165) is 5.69 Å². The van der Waals surface area contributed by atoms with Gasteiger partial charge in [0.25, 0.3) is 0 Å². The Morgan fingerprint density at radius 1 is 1.33 bits per heavy atom. The number of halogens is 2. The highest BCUT2D eigenvalue weighted by molar-refractivity contribution is 7.96. The summed E-state index contributed by atoms with van der Waals surface area (Å²) in [6.45, 7) is 2.06. The molecule has 0 spiro atoms. The zero-order valence-corrected chi connectivity index (χ0v) is 12.0.